The molecule has 0 bridgehead atoms. The highest BCUT2D eigenvalue weighted by atomic mass is 16.5. The van der Waals surface area contributed by atoms with E-state index in [9.17, 15) is 14.4 Å². The molecule has 1 N–H and O–H groups in total. The lowest BCUT2D eigenvalue weighted by atomic mass is 9.95. The van der Waals surface area contributed by atoms with Gasteiger partial charge in [-0.2, -0.15) is 0 Å². The third-order valence-corrected chi connectivity index (χ3v) is 4.98. The topological polar surface area (TPSA) is 88.6 Å². The Bertz CT molecular complexity index is 641. The third-order valence-electron chi connectivity index (χ3n) is 4.98. The number of ether oxygens (including phenoxy) is 1. The molecule has 7 heteroatoms. The number of pyridine rings is 1. The minimum atomic E-state index is -0.303. The fourth-order valence-electron chi connectivity index (χ4n) is 3.31. The number of aromatic nitrogens is 1. The number of carbonyl (C=O) groups excluding carboxylic acids is 3. The molecule has 25 heavy (non-hydrogen) atoms. The molecule has 2 fully saturated rings. The summed E-state index contributed by atoms with van der Waals surface area (Å²) in [6.07, 6.45) is 5.31. The first-order valence-corrected chi connectivity index (χ1v) is 8.63. The Kier molecular flexibility index (Phi) is 5.31. The van der Waals surface area contributed by atoms with E-state index in [0.29, 0.717) is 38.9 Å². The first kappa shape index (κ1) is 17.4. The van der Waals surface area contributed by atoms with Crippen molar-refractivity contribution in [2.45, 2.75) is 25.8 Å². The number of hydrogen-bond donors (Lipinski definition) is 1. The number of hydrogen-bond acceptors (Lipinski definition) is 5. The molecule has 0 radical (unpaired) electrons. The smallest absolute Gasteiger partial charge is 0.309 e. The van der Waals surface area contributed by atoms with Crippen LogP contribution in [-0.4, -0.2) is 47.9 Å². The molecule has 0 spiro atoms. The summed E-state index contributed by atoms with van der Waals surface area (Å²) >= 11 is 0. The average Bonchev–Trinajstić information content (AvgIpc) is 3.46. The average molecular weight is 345 g/mol. The highest BCUT2D eigenvalue weighted by Gasteiger charge is 2.50. The van der Waals surface area contributed by atoms with Crippen molar-refractivity contribution < 1.29 is 19.1 Å². The molecule has 1 aromatic heterocycles. The molecular weight excluding hydrogens is 322 g/mol. The fourth-order valence-corrected chi connectivity index (χ4v) is 3.31. The van der Waals surface area contributed by atoms with E-state index in [0.717, 1.165) is 5.56 Å². The first-order valence-electron chi connectivity index (χ1n) is 8.63. The summed E-state index contributed by atoms with van der Waals surface area (Å²) in [5.41, 5.74) is 0.964. The lowest BCUT2D eigenvalue weighted by Crippen LogP contribution is -2.43. The number of amides is 2. The van der Waals surface area contributed by atoms with Gasteiger partial charge < -0.3 is 15.0 Å². The molecule has 134 valence electrons. The van der Waals surface area contributed by atoms with Crippen molar-refractivity contribution in [2.24, 2.45) is 17.8 Å². The van der Waals surface area contributed by atoms with Gasteiger partial charge in [-0.1, -0.05) is 6.07 Å². The van der Waals surface area contributed by atoms with E-state index in [1.54, 1.807) is 17.3 Å². The molecule has 1 aliphatic carbocycles. The highest BCUT2D eigenvalue weighted by molar-refractivity contribution is 5.90. The molecule has 1 aromatic rings. The zero-order valence-electron chi connectivity index (χ0n) is 14.3. The Hall–Kier alpha value is -2.44. The number of carbonyl (C=O) groups is 3. The molecule has 2 heterocycles. The van der Waals surface area contributed by atoms with Crippen molar-refractivity contribution >= 4 is 17.8 Å². The van der Waals surface area contributed by atoms with Crippen molar-refractivity contribution in [1.82, 2.24) is 15.2 Å². The maximum absolute atomic E-state index is 12.4. The zero-order chi connectivity index (χ0) is 17.8. The summed E-state index contributed by atoms with van der Waals surface area (Å²) in [5.74, 6) is -0.847. The minimum absolute atomic E-state index is 0.0182. The van der Waals surface area contributed by atoms with E-state index in [4.69, 9.17) is 0 Å². The van der Waals surface area contributed by atoms with Crippen LogP contribution in [0.4, 0.5) is 0 Å². The van der Waals surface area contributed by atoms with E-state index >= 15 is 0 Å². The van der Waals surface area contributed by atoms with E-state index in [1.165, 1.54) is 7.11 Å². The zero-order valence-corrected chi connectivity index (χ0v) is 14.3. The van der Waals surface area contributed by atoms with E-state index in [-0.39, 0.29) is 35.5 Å². The van der Waals surface area contributed by atoms with Crippen molar-refractivity contribution in [3.63, 3.8) is 0 Å². The molecule has 1 aliphatic heterocycles. The number of methoxy groups -OCH3 is 1. The predicted molar refractivity (Wildman–Crippen MR) is 89.0 cm³/mol. The SMILES string of the molecule is COC(=O)[C@H]1C[C@H]1C(=O)N1CCC(C(=O)NCc2cccnc2)CC1. The van der Waals surface area contributed by atoms with Crippen molar-refractivity contribution in [3.05, 3.63) is 30.1 Å². The molecule has 2 amide bonds. The second-order valence-electron chi connectivity index (χ2n) is 6.65. The lowest BCUT2D eigenvalue weighted by Gasteiger charge is -2.31. The van der Waals surface area contributed by atoms with E-state index in [2.05, 4.69) is 15.0 Å². The summed E-state index contributed by atoms with van der Waals surface area (Å²) in [5, 5.41) is 2.93. The van der Waals surface area contributed by atoms with Crippen LogP contribution in [0.1, 0.15) is 24.8 Å². The van der Waals surface area contributed by atoms with Gasteiger partial charge in [0.2, 0.25) is 11.8 Å². The second kappa shape index (κ2) is 7.63. The van der Waals surface area contributed by atoms with Gasteiger partial charge in [-0.05, 0) is 30.9 Å². The maximum Gasteiger partial charge on any atom is 0.309 e. The van der Waals surface area contributed by atoms with E-state index in [1.807, 2.05) is 12.1 Å². The van der Waals surface area contributed by atoms with Crippen LogP contribution in [0, 0.1) is 17.8 Å². The molecule has 3 rings (SSSR count). The molecule has 2 atom stereocenters. The summed E-state index contributed by atoms with van der Waals surface area (Å²) in [6, 6.07) is 3.76. The van der Waals surface area contributed by atoms with Crippen LogP contribution in [0.15, 0.2) is 24.5 Å². The quantitative estimate of drug-likeness (QED) is 0.796. The summed E-state index contributed by atoms with van der Waals surface area (Å²) < 4.78 is 4.69. The van der Waals surface area contributed by atoms with Crippen molar-refractivity contribution in [1.29, 1.82) is 0 Å². The van der Waals surface area contributed by atoms with Crippen LogP contribution >= 0.6 is 0 Å². The molecular formula is C18H23N3O4. The minimum Gasteiger partial charge on any atom is -0.469 e. The first-order chi connectivity index (χ1) is 12.1. The maximum atomic E-state index is 12.4. The number of nitrogens with zero attached hydrogens (tertiary/aromatic N) is 2. The van der Waals surface area contributed by atoms with Crippen molar-refractivity contribution in [2.75, 3.05) is 20.2 Å². The summed E-state index contributed by atoms with van der Waals surface area (Å²) in [6.45, 7) is 1.59. The molecule has 1 saturated carbocycles. The van der Waals surface area contributed by atoms with Gasteiger partial charge in [-0.25, -0.2) is 0 Å². The Balaban J connectivity index is 1.42. The molecule has 7 nitrogen and oxygen atoms in total. The van der Waals surface area contributed by atoms with Gasteiger partial charge in [0.1, 0.15) is 0 Å². The van der Waals surface area contributed by atoms with Crippen LogP contribution in [0.25, 0.3) is 0 Å². The fraction of sp³-hybridized carbons (Fsp3) is 0.556. The molecule has 2 aliphatic rings. The molecule has 0 aromatic carbocycles. The highest BCUT2D eigenvalue weighted by Crippen LogP contribution is 2.41. The Morgan fingerprint density at radius 2 is 2.04 bits per heavy atom. The number of likely N-dealkylation sites (tertiary alicyclic amines) is 1. The van der Waals surface area contributed by atoms with Crippen LogP contribution in [0.2, 0.25) is 0 Å². The normalized spacial score (nSPS) is 23.0. The predicted octanol–water partition coefficient (Wildman–Crippen LogP) is 0.745. The Morgan fingerprint density at radius 3 is 2.68 bits per heavy atom. The molecule has 1 saturated heterocycles. The van der Waals surface area contributed by atoms with Gasteiger partial charge in [0.25, 0.3) is 0 Å². The van der Waals surface area contributed by atoms with Crippen LogP contribution in [0.5, 0.6) is 0 Å². The van der Waals surface area contributed by atoms with Crippen LogP contribution in [-0.2, 0) is 25.7 Å². The van der Waals surface area contributed by atoms with Crippen molar-refractivity contribution in [3.8, 4) is 0 Å². The van der Waals surface area contributed by atoms with Gasteiger partial charge >= 0.3 is 5.97 Å². The third kappa shape index (κ3) is 4.15. The number of esters is 1. The summed E-state index contributed by atoms with van der Waals surface area (Å²) in [7, 11) is 1.35. The largest absolute Gasteiger partial charge is 0.469 e. The number of rotatable bonds is 5. The summed E-state index contributed by atoms with van der Waals surface area (Å²) in [4.78, 5) is 41.9. The monoisotopic (exact) mass is 345 g/mol. The standard InChI is InChI=1S/C18H23N3O4/c1-25-18(24)15-9-14(15)17(23)21-7-4-13(5-8-21)16(22)20-11-12-3-2-6-19-10-12/h2-3,6,10,13-15H,4-5,7-9,11H2,1H3,(H,20,22)/t14-,15+/m1/s1. The molecule has 0 unspecified atom stereocenters. The Labute approximate surface area is 146 Å². The van der Waals surface area contributed by atoms with Gasteiger partial charge in [0.05, 0.1) is 18.9 Å². The van der Waals surface area contributed by atoms with E-state index < -0.39 is 0 Å². The van der Waals surface area contributed by atoms with Crippen LogP contribution < -0.4 is 5.32 Å². The van der Waals surface area contributed by atoms with Gasteiger partial charge in [0, 0.05) is 37.9 Å². The second-order valence-corrected chi connectivity index (χ2v) is 6.65. The van der Waals surface area contributed by atoms with Crippen LogP contribution in [0.3, 0.4) is 0 Å². The number of nitrogens with one attached hydrogen (secondary N) is 1. The van der Waals surface area contributed by atoms with Gasteiger partial charge in [-0.15, -0.1) is 0 Å². The van der Waals surface area contributed by atoms with Gasteiger partial charge in [-0.3, -0.25) is 19.4 Å². The van der Waals surface area contributed by atoms with Gasteiger partial charge in [0.15, 0.2) is 0 Å². The Morgan fingerprint density at radius 1 is 1.28 bits per heavy atom. The number of piperidine rings is 1. The lowest BCUT2D eigenvalue weighted by molar-refractivity contribution is -0.145.